The van der Waals surface area contributed by atoms with Gasteiger partial charge in [0.15, 0.2) is 0 Å². The van der Waals surface area contributed by atoms with Crippen LogP contribution in [0.15, 0.2) is 54.9 Å². The lowest BCUT2D eigenvalue weighted by atomic mass is 9.96. The number of hydrogen-bond donors (Lipinski definition) is 1. The van der Waals surface area contributed by atoms with E-state index in [2.05, 4.69) is 19.8 Å². The normalized spacial score (nSPS) is 13.8. The highest BCUT2D eigenvalue weighted by Crippen LogP contribution is 2.29. The van der Waals surface area contributed by atoms with E-state index in [1.54, 1.807) is 0 Å². The van der Waals surface area contributed by atoms with E-state index in [0.717, 1.165) is 67.7 Å². The van der Waals surface area contributed by atoms with Gasteiger partial charge in [0, 0.05) is 45.1 Å². The largest absolute Gasteiger partial charge is 0.481 e. The first-order chi connectivity index (χ1) is 18.2. The maximum absolute atomic E-state index is 12.9. The molecule has 0 aliphatic carbocycles. The first-order valence-corrected chi connectivity index (χ1v) is 13.0. The SMILES string of the molecule is CCc1cnc(N(CCCN2CCc3ccc(CC(=O)O)cc3C2)CCc2ccc(C(F)(F)F)cc2)nc1. The van der Waals surface area contributed by atoms with Gasteiger partial charge in [-0.3, -0.25) is 9.69 Å². The molecule has 0 spiro atoms. The molecule has 9 heteroatoms. The number of nitrogens with zero attached hydrogens (tertiary/aromatic N) is 4. The molecule has 2 heterocycles. The van der Waals surface area contributed by atoms with Crippen LogP contribution in [0.1, 0.15) is 46.7 Å². The number of carboxylic acid groups (broad SMARTS) is 1. The Morgan fingerprint density at radius 1 is 1.00 bits per heavy atom. The van der Waals surface area contributed by atoms with E-state index >= 15 is 0 Å². The highest BCUT2D eigenvalue weighted by Gasteiger charge is 2.30. The van der Waals surface area contributed by atoms with E-state index in [-0.39, 0.29) is 6.42 Å². The van der Waals surface area contributed by atoms with E-state index in [0.29, 0.717) is 25.5 Å². The summed E-state index contributed by atoms with van der Waals surface area (Å²) >= 11 is 0. The van der Waals surface area contributed by atoms with Crippen LogP contribution in [-0.2, 0) is 43.2 Å². The summed E-state index contributed by atoms with van der Waals surface area (Å²) in [6.45, 7) is 5.95. The quantitative estimate of drug-likeness (QED) is 0.371. The summed E-state index contributed by atoms with van der Waals surface area (Å²) in [5.41, 5.74) is 4.52. The van der Waals surface area contributed by atoms with E-state index in [1.165, 1.54) is 23.3 Å². The van der Waals surface area contributed by atoms with Gasteiger partial charge in [0.05, 0.1) is 12.0 Å². The number of fused-ring (bicyclic) bond motifs is 1. The number of carbonyl (C=O) groups is 1. The van der Waals surface area contributed by atoms with Crippen molar-refractivity contribution in [3.8, 4) is 0 Å². The molecule has 0 unspecified atom stereocenters. The summed E-state index contributed by atoms with van der Waals surface area (Å²) in [5, 5.41) is 9.10. The van der Waals surface area contributed by atoms with Crippen LogP contribution in [0, 0.1) is 0 Å². The number of aryl methyl sites for hydroxylation is 1. The molecule has 1 aromatic heterocycles. The molecule has 202 valence electrons. The van der Waals surface area contributed by atoms with E-state index in [1.807, 2.05) is 37.5 Å². The van der Waals surface area contributed by atoms with Gasteiger partial charge in [-0.25, -0.2) is 9.97 Å². The summed E-state index contributed by atoms with van der Waals surface area (Å²) in [5.74, 6) is -0.209. The van der Waals surface area contributed by atoms with Crippen molar-refractivity contribution in [1.29, 1.82) is 0 Å². The fourth-order valence-corrected chi connectivity index (χ4v) is 4.76. The Morgan fingerprint density at radius 3 is 2.37 bits per heavy atom. The Balaban J connectivity index is 1.37. The first-order valence-electron chi connectivity index (χ1n) is 13.0. The second kappa shape index (κ2) is 12.4. The van der Waals surface area contributed by atoms with Crippen molar-refractivity contribution in [1.82, 2.24) is 14.9 Å². The van der Waals surface area contributed by atoms with Crippen LogP contribution in [0.5, 0.6) is 0 Å². The lowest BCUT2D eigenvalue weighted by molar-refractivity contribution is -0.138. The number of benzene rings is 2. The zero-order valence-corrected chi connectivity index (χ0v) is 21.5. The minimum Gasteiger partial charge on any atom is -0.481 e. The van der Waals surface area contributed by atoms with Gasteiger partial charge in [0.1, 0.15) is 0 Å². The molecule has 0 atom stereocenters. The summed E-state index contributed by atoms with van der Waals surface area (Å²) in [6, 6.07) is 11.3. The fourth-order valence-electron chi connectivity index (χ4n) is 4.76. The lowest BCUT2D eigenvalue weighted by Gasteiger charge is -2.30. The molecule has 1 N–H and O–H groups in total. The third kappa shape index (κ3) is 7.54. The second-order valence-electron chi connectivity index (χ2n) is 9.73. The minimum atomic E-state index is -4.34. The zero-order valence-electron chi connectivity index (χ0n) is 21.5. The number of aromatic nitrogens is 2. The number of rotatable bonds is 11. The molecular weight excluding hydrogens is 493 g/mol. The number of aliphatic carboxylic acids is 1. The van der Waals surface area contributed by atoms with Crippen LogP contribution in [0.2, 0.25) is 0 Å². The van der Waals surface area contributed by atoms with Crippen LogP contribution in [-0.4, -0.2) is 52.1 Å². The van der Waals surface area contributed by atoms with Gasteiger partial charge in [-0.05, 0) is 65.6 Å². The molecule has 1 aliphatic heterocycles. The number of anilines is 1. The van der Waals surface area contributed by atoms with Crippen molar-refractivity contribution in [2.24, 2.45) is 0 Å². The minimum absolute atomic E-state index is 0.0258. The molecule has 0 amide bonds. The predicted octanol–water partition coefficient (Wildman–Crippen LogP) is 5.18. The highest BCUT2D eigenvalue weighted by atomic mass is 19.4. The number of hydrogen-bond acceptors (Lipinski definition) is 5. The number of alkyl halides is 3. The fraction of sp³-hybridized carbons (Fsp3) is 0.414. The summed E-state index contributed by atoms with van der Waals surface area (Å²) in [6.07, 6.45) is 2.56. The van der Waals surface area contributed by atoms with Crippen LogP contribution in [0.4, 0.5) is 19.1 Å². The third-order valence-electron chi connectivity index (χ3n) is 6.95. The summed E-state index contributed by atoms with van der Waals surface area (Å²) in [4.78, 5) is 24.6. The molecule has 38 heavy (non-hydrogen) atoms. The summed E-state index contributed by atoms with van der Waals surface area (Å²) in [7, 11) is 0. The van der Waals surface area contributed by atoms with Crippen molar-refractivity contribution in [3.63, 3.8) is 0 Å². The van der Waals surface area contributed by atoms with Gasteiger partial charge in [0.2, 0.25) is 5.95 Å². The number of carboxylic acids is 1. The molecule has 0 radical (unpaired) electrons. The van der Waals surface area contributed by atoms with Gasteiger partial charge < -0.3 is 10.0 Å². The van der Waals surface area contributed by atoms with E-state index in [4.69, 9.17) is 5.11 Å². The Morgan fingerprint density at radius 2 is 1.71 bits per heavy atom. The molecule has 1 aliphatic rings. The average molecular weight is 527 g/mol. The molecular formula is C29H33F3N4O2. The standard InChI is InChI=1S/C29H33F3N4O2/c1-2-21-18-33-28(34-19-21)36(15-10-22-5-8-26(9-6-22)29(30,31)32)13-3-12-35-14-11-24-7-4-23(17-27(37)38)16-25(24)20-35/h4-9,16,18-19H,2-3,10-15,17,20H2,1H3,(H,37,38). The zero-order chi connectivity index (χ0) is 27.1. The van der Waals surface area contributed by atoms with Crippen LogP contribution in [0.3, 0.4) is 0 Å². The van der Waals surface area contributed by atoms with Crippen molar-refractivity contribution in [3.05, 3.63) is 88.2 Å². The Bertz CT molecular complexity index is 1210. The number of halogens is 3. The van der Waals surface area contributed by atoms with Crippen LogP contribution in [0.25, 0.3) is 0 Å². The second-order valence-corrected chi connectivity index (χ2v) is 9.73. The highest BCUT2D eigenvalue weighted by molar-refractivity contribution is 5.70. The Labute approximate surface area is 221 Å². The monoisotopic (exact) mass is 526 g/mol. The van der Waals surface area contributed by atoms with Crippen molar-refractivity contribution in [2.45, 2.75) is 51.7 Å². The van der Waals surface area contributed by atoms with Gasteiger partial charge >= 0.3 is 12.1 Å². The Hall–Kier alpha value is -3.46. The van der Waals surface area contributed by atoms with Gasteiger partial charge in [0.25, 0.3) is 0 Å². The predicted molar refractivity (Wildman–Crippen MR) is 140 cm³/mol. The van der Waals surface area contributed by atoms with Gasteiger partial charge in [-0.15, -0.1) is 0 Å². The van der Waals surface area contributed by atoms with Crippen molar-refractivity contribution < 1.29 is 23.1 Å². The topological polar surface area (TPSA) is 69.6 Å². The molecule has 0 fully saturated rings. The van der Waals surface area contributed by atoms with Crippen LogP contribution >= 0.6 is 0 Å². The van der Waals surface area contributed by atoms with Crippen molar-refractivity contribution in [2.75, 3.05) is 31.1 Å². The average Bonchev–Trinajstić information content (AvgIpc) is 2.90. The van der Waals surface area contributed by atoms with Gasteiger partial charge in [-0.2, -0.15) is 13.2 Å². The summed E-state index contributed by atoms with van der Waals surface area (Å²) < 4.78 is 38.7. The van der Waals surface area contributed by atoms with E-state index < -0.39 is 17.7 Å². The smallest absolute Gasteiger partial charge is 0.416 e. The first kappa shape index (κ1) is 27.6. The maximum atomic E-state index is 12.9. The molecule has 6 nitrogen and oxygen atoms in total. The lowest BCUT2D eigenvalue weighted by Crippen LogP contribution is -2.35. The Kier molecular flexibility index (Phi) is 8.99. The molecule has 3 aromatic rings. The molecule has 2 aromatic carbocycles. The van der Waals surface area contributed by atoms with Crippen LogP contribution < -0.4 is 4.90 Å². The molecule has 0 bridgehead atoms. The van der Waals surface area contributed by atoms with E-state index in [9.17, 15) is 18.0 Å². The van der Waals surface area contributed by atoms with Gasteiger partial charge in [-0.1, -0.05) is 37.3 Å². The molecule has 0 saturated carbocycles. The maximum Gasteiger partial charge on any atom is 0.416 e. The molecule has 4 rings (SSSR count). The molecule has 0 saturated heterocycles. The van der Waals surface area contributed by atoms with Crippen molar-refractivity contribution >= 4 is 11.9 Å². The third-order valence-corrected chi connectivity index (χ3v) is 6.95.